The number of aryl methyl sites for hydroxylation is 1. The number of benzene rings is 1. The number of hydrogen-bond acceptors (Lipinski definition) is 5. The Morgan fingerprint density at radius 3 is 2.63 bits per heavy atom. The van der Waals surface area contributed by atoms with Crippen molar-refractivity contribution in [3.05, 3.63) is 17.7 Å². The molecule has 9 heteroatoms. The maximum Gasteiger partial charge on any atom is 0.265 e. The van der Waals surface area contributed by atoms with Gasteiger partial charge in [0.1, 0.15) is 5.75 Å². The van der Waals surface area contributed by atoms with Crippen molar-refractivity contribution >= 4 is 27.5 Å². The van der Waals surface area contributed by atoms with Crippen molar-refractivity contribution in [3.8, 4) is 5.75 Å². The lowest BCUT2D eigenvalue weighted by atomic mass is 9.97. The van der Waals surface area contributed by atoms with E-state index in [1.165, 1.54) is 10.4 Å². The molecule has 1 aromatic rings. The number of nitrogens with zero attached hydrogens (tertiary/aromatic N) is 1. The number of sulfonamides is 1. The number of fused-ring (bicyclic) bond motifs is 1. The second kappa shape index (κ2) is 7.47. The van der Waals surface area contributed by atoms with Crippen LogP contribution in [0.25, 0.3) is 0 Å². The molecule has 8 nitrogen and oxygen atoms in total. The van der Waals surface area contributed by atoms with Gasteiger partial charge in [-0.05, 0) is 45.2 Å². The molecule has 1 atom stereocenters. The molecule has 0 aliphatic carbocycles. The van der Waals surface area contributed by atoms with Crippen LogP contribution in [-0.2, 0) is 19.6 Å². The third-order valence-electron chi connectivity index (χ3n) is 5.00. The molecule has 3 rings (SSSR count). The molecule has 1 aromatic carbocycles. The van der Waals surface area contributed by atoms with Crippen molar-refractivity contribution in [3.63, 3.8) is 0 Å². The molecule has 0 unspecified atom stereocenters. The van der Waals surface area contributed by atoms with Crippen molar-refractivity contribution < 1.29 is 22.7 Å². The molecular weight excluding hydrogens is 370 g/mol. The van der Waals surface area contributed by atoms with Gasteiger partial charge in [0.25, 0.3) is 5.91 Å². The maximum absolute atomic E-state index is 13.1. The smallest absolute Gasteiger partial charge is 0.265 e. The summed E-state index contributed by atoms with van der Waals surface area (Å²) in [6, 6.07) is 3.10. The van der Waals surface area contributed by atoms with E-state index in [9.17, 15) is 18.0 Å². The van der Waals surface area contributed by atoms with Gasteiger partial charge in [-0.1, -0.05) is 0 Å². The van der Waals surface area contributed by atoms with Crippen LogP contribution in [0, 0.1) is 12.8 Å². The van der Waals surface area contributed by atoms with Crippen molar-refractivity contribution in [2.75, 3.05) is 25.0 Å². The lowest BCUT2D eigenvalue weighted by Gasteiger charge is -2.31. The summed E-state index contributed by atoms with van der Waals surface area (Å²) in [5, 5.41) is 5.52. The summed E-state index contributed by atoms with van der Waals surface area (Å²) in [7, 11) is -3.71. The first-order chi connectivity index (χ1) is 12.7. The fourth-order valence-corrected chi connectivity index (χ4v) is 5.13. The molecule has 27 heavy (non-hydrogen) atoms. The average Bonchev–Trinajstić information content (AvgIpc) is 2.63. The zero-order valence-electron chi connectivity index (χ0n) is 15.7. The number of rotatable bonds is 4. The molecule has 0 aromatic heterocycles. The van der Waals surface area contributed by atoms with Crippen LogP contribution < -0.4 is 15.4 Å². The van der Waals surface area contributed by atoms with Crippen LogP contribution in [0.3, 0.4) is 0 Å². The molecule has 2 heterocycles. The van der Waals surface area contributed by atoms with Crippen molar-refractivity contribution in [2.45, 2.75) is 44.6 Å². The van der Waals surface area contributed by atoms with Crippen LogP contribution in [0.2, 0.25) is 0 Å². The third-order valence-corrected chi connectivity index (χ3v) is 7.04. The molecule has 2 aliphatic rings. The topological polar surface area (TPSA) is 105 Å². The van der Waals surface area contributed by atoms with Gasteiger partial charge >= 0.3 is 0 Å². The Kier molecular flexibility index (Phi) is 5.43. The predicted octanol–water partition coefficient (Wildman–Crippen LogP) is 1.25. The number of ether oxygens (including phenoxy) is 1. The van der Waals surface area contributed by atoms with E-state index in [4.69, 9.17) is 4.74 Å². The summed E-state index contributed by atoms with van der Waals surface area (Å²) in [5.74, 6) is -0.0773. The summed E-state index contributed by atoms with van der Waals surface area (Å²) in [6.45, 7) is 6.34. The second-order valence-electron chi connectivity index (χ2n) is 6.94. The van der Waals surface area contributed by atoms with E-state index in [-0.39, 0.29) is 22.6 Å². The Labute approximate surface area is 159 Å². The molecule has 1 fully saturated rings. The molecule has 2 N–H and O–H groups in total. The van der Waals surface area contributed by atoms with Crippen LogP contribution in [0.4, 0.5) is 5.69 Å². The van der Waals surface area contributed by atoms with Gasteiger partial charge in [-0.25, -0.2) is 8.42 Å². The Hall–Kier alpha value is -2.13. The normalized spacial score (nSPS) is 21.1. The van der Waals surface area contributed by atoms with E-state index in [0.717, 1.165) is 0 Å². The summed E-state index contributed by atoms with van der Waals surface area (Å²) >= 11 is 0. The summed E-state index contributed by atoms with van der Waals surface area (Å²) < 4.78 is 33.2. The molecule has 0 saturated carbocycles. The Morgan fingerprint density at radius 1 is 1.33 bits per heavy atom. The van der Waals surface area contributed by atoms with Crippen LogP contribution in [0.15, 0.2) is 17.0 Å². The largest absolute Gasteiger partial charge is 0.479 e. The maximum atomic E-state index is 13.1. The number of carbonyl (C=O) groups excluding carboxylic acids is 2. The fraction of sp³-hybridized carbons (Fsp3) is 0.556. The zero-order valence-corrected chi connectivity index (χ0v) is 16.6. The van der Waals surface area contributed by atoms with Crippen LogP contribution >= 0.6 is 0 Å². The molecule has 2 aliphatic heterocycles. The number of hydrogen-bond donors (Lipinski definition) is 2. The standard InChI is InChI=1S/C18H25N3O5S/c1-4-19-18(23)13-5-7-21(8-6-13)27(24,25)16-10-15-14(9-11(16)2)20-17(22)12(3)26-15/h9-10,12-13H,4-8H2,1-3H3,(H,19,23)(H,20,22)/t12-/m0/s1. The van der Waals surface area contributed by atoms with Gasteiger partial charge in [0.05, 0.1) is 10.6 Å². The van der Waals surface area contributed by atoms with Gasteiger partial charge in [-0.15, -0.1) is 0 Å². The quantitative estimate of drug-likeness (QED) is 0.798. The van der Waals surface area contributed by atoms with E-state index in [2.05, 4.69) is 10.6 Å². The predicted molar refractivity (Wildman–Crippen MR) is 100 cm³/mol. The molecule has 0 radical (unpaired) electrons. The van der Waals surface area contributed by atoms with Gasteiger partial charge in [0.2, 0.25) is 15.9 Å². The van der Waals surface area contributed by atoms with E-state index in [1.807, 2.05) is 6.92 Å². The van der Waals surface area contributed by atoms with E-state index < -0.39 is 16.1 Å². The molecule has 2 amide bonds. The first-order valence-corrected chi connectivity index (χ1v) is 10.6. The van der Waals surface area contributed by atoms with Gasteiger partial charge < -0.3 is 15.4 Å². The number of piperidine rings is 1. The monoisotopic (exact) mass is 395 g/mol. The number of amides is 2. The second-order valence-corrected chi connectivity index (χ2v) is 8.84. The van der Waals surface area contributed by atoms with E-state index in [0.29, 0.717) is 49.5 Å². The summed E-state index contributed by atoms with van der Waals surface area (Å²) in [5.41, 5.74) is 1.02. The Balaban J connectivity index is 1.81. The summed E-state index contributed by atoms with van der Waals surface area (Å²) in [6.07, 6.45) is 0.320. The molecule has 0 bridgehead atoms. The minimum Gasteiger partial charge on any atom is -0.479 e. The highest BCUT2D eigenvalue weighted by Gasteiger charge is 2.34. The number of anilines is 1. The third kappa shape index (κ3) is 3.79. The van der Waals surface area contributed by atoms with Crippen LogP contribution in [0.5, 0.6) is 5.75 Å². The van der Waals surface area contributed by atoms with Gasteiger partial charge in [0.15, 0.2) is 6.10 Å². The Bertz CT molecular complexity index is 860. The van der Waals surface area contributed by atoms with Crippen molar-refractivity contribution in [1.82, 2.24) is 9.62 Å². The van der Waals surface area contributed by atoms with Crippen molar-refractivity contribution in [2.24, 2.45) is 5.92 Å². The first-order valence-electron chi connectivity index (χ1n) is 9.14. The molecular formula is C18H25N3O5S. The minimum atomic E-state index is -3.71. The van der Waals surface area contributed by atoms with Crippen LogP contribution in [-0.4, -0.2) is 50.3 Å². The van der Waals surface area contributed by atoms with E-state index in [1.54, 1.807) is 19.9 Å². The van der Waals surface area contributed by atoms with Crippen molar-refractivity contribution in [1.29, 1.82) is 0 Å². The first kappa shape index (κ1) is 19.6. The SMILES string of the molecule is CCNC(=O)C1CCN(S(=O)(=O)c2cc3c(cc2C)NC(=O)[C@H](C)O3)CC1. The number of carbonyl (C=O) groups is 2. The highest BCUT2D eigenvalue weighted by Crippen LogP contribution is 2.36. The lowest BCUT2D eigenvalue weighted by Crippen LogP contribution is -2.43. The molecule has 148 valence electrons. The Morgan fingerprint density at radius 2 is 2.00 bits per heavy atom. The van der Waals surface area contributed by atoms with Gasteiger partial charge in [-0.2, -0.15) is 4.31 Å². The highest BCUT2D eigenvalue weighted by atomic mass is 32.2. The minimum absolute atomic E-state index is 0.0161. The van der Waals surface area contributed by atoms with Gasteiger partial charge in [0, 0.05) is 31.6 Å². The average molecular weight is 395 g/mol. The van der Waals surface area contributed by atoms with E-state index >= 15 is 0 Å². The van der Waals surface area contributed by atoms with Gasteiger partial charge in [-0.3, -0.25) is 9.59 Å². The molecule has 1 saturated heterocycles. The highest BCUT2D eigenvalue weighted by molar-refractivity contribution is 7.89. The number of nitrogens with one attached hydrogen (secondary N) is 2. The summed E-state index contributed by atoms with van der Waals surface area (Å²) in [4.78, 5) is 23.9. The lowest BCUT2D eigenvalue weighted by molar-refractivity contribution is -0.126. The fourth-order valence-electron chi connectivity index (χ4n) is 3.44. The van der Waals surface area contributed by atoms with Crippen LogP contribution in [0.1, 0.15) is 32.3 Å². The zero-order chi connectivity index (χ0) is 19.8. The molecule has 0 spiro atoms.